The summed E-state index contributed by atoms with van der Waals surface area (Å²) in [5.74, 6) is -1.05. The van der Waals surface area contributed by atoms with Gasteiger partial charge in [-0.3, -0.25) is 4.79 Å². The van der Waals surface area contributed by atoms with Crippen molar-refractivity contribution in [2.24, 2.45) is 0 Å². The first-order valence-electron chi connectivity index (χ1n) is 11.4. The van der Waals surface area contributed by atoms with E-state index in [0.717, 1.165) is 30.5 Å². The number of nitrogens with one attached hydrogen (secondary N) is 1. The molecule has 8 heteroatoms. The van der Waals surface area contributed by atoms with Gasteiger partial charge in [-0.1, -0.05) is 60.6 Å². The van der Waals surface area contributed by atoms with Crippen LogP contribution in [0.5, 0.6) is 0 Å². The van der Waals surface area contributed by atoms with E-state index in [1.54, 1.807) is 6.07 Å². The monoisotopic (exact) mass is 505 g/mol. The van der Waals surface area contributed by atoms with Crippen LogP contribution in [0.2, 0.25) is 5.02 Å². The van der Waals surface area contributed by atoms with Gasteiger partial charge in [-0.25, -0.2) is 9.78 Å². The number of rotatable bonds is 7. The molecule has 2 N–H and O–H groups in total. The van der Waals surface area contributed by atoms with E-state index in [9.17, 15) is 20.0 Å². The van der Waals surface area contributed by atoms with Crippen LogP contribution in [0.4, 0.5) is 5.69 Å². The Morgan fingerprint density at radius 3 is 2.71 bits per heavy atom. The molecule has 178 valence electrons. The average Bonchev–Trinajstić information content (AvgIpc) is 2.87. The highest BCUT2D eigenvalue weighted by Crippen LogP contribution is 2.36. The molecule has 0 saturated heterocycles. The van der Waals surface area contributed by atoms with Crippen molar-refractivity contribution in [2.45, 2.75) is 48.8 Å². The van der Waals surface area contributed by atoms with E-state index in [0.29, 0.717) is 28.6 Å². The molecule has 35 heavy (non-hydrogen) atoms. The lowest BCUT2D eigenvalue weighted by atomic mass is 9.82. The van der Waals surface area contributed by atoms with Gasteiger partial charge in [0, 0.05) is 11.4 Å². The molecule has 6 nitrogen and oxygen atoms in total. The Morgan fingerprint density at radius 1 is 1.26 bits per heavy atom. The number of thioether (sulfide) groups is 1. The second-order valence-corrected chi connectivity index (χ2v) is 10.0. The van der Waals surface area contributed by atoms with E-state index < -0.39 is 11.2 Å². The van der Waals surface area contributed by atoms with Crippen molar-refractivity contribution in [3.8, 4) is 6.07 Å². The number of amides is 1. The third kappa shape index (κ3) is 5.67. The van der Waals surface area contributed by atoms with Crippen molar-refractivity contribution >= 4 is 40.9 Å². The van der Waals surface area contributed by atoms with Crippen LogP contribution < -0.4 is 5.32 Å². The van der Waals surface area contributed by atoms with E-state index in [2.05, 4.69) is 23.5 Å². The second kappa shape index (κ2) is 10.9. The lowest BCUT2D eigenvalue weighted by Crippen LogP contribution is -2.25. The Labute approximate surface area is 213 Å². The molecule has 1 aromatic heterocycles. The summed E-state index contributed by atoms with van der Waals surface area (Å²) in [5.41, 5.74) is 4.10. The first-order valence-corrected chi connectivity index (χ1v) is 12.6. The summed E-state index contributed by atoms with van der Waals surface area (Å²) >= 11 is 7.19. The molecular weight excluding hydrogens is 482 g/mol. The van der Waals surface area contributed by atoms with E-state index in [1.165, 1.54) is 29.5 Å². The van der Waals surface area contributed by atoms with E-state index in [4.69, 9.17) is 16.6 Å². The zero-order valence-electron chi connectivity index (χ0n) is 19.1. The van der Waals surface area contributed by atoms with Gasteiger partial charge < -0.3 is 10.4 Å². The molecule has 2 aromatic carbocycles. The third-order valence-corrected chi connectivity index (χ3v) is 7.82. The van der Waals surface area contributed by atoms with Gasteiger partial charge >= 0.3 is 5.97 Å². The fourth-order valence-electron chi connectivity index (χ4n) is 4.27. The number of nitriles is 1. The second-order valence-electron chi connectivity index (χ2n) is 8.41. The molecule has 0 radical (unpaired) electrons. The predicted molar refractivity (Wildman–Crippen MR) is 137 cm³/mol. The Kier molecular flexibility index (Phi) is 7.74. The predicted octanol–water partition coefficient (Wildman–Crippen LogP) is 6.09. The molecule has 0 bridgehead atoms. The summed E-state index contributed by atoms with van der Waals surface area (Å²) in [7, 11) is 0. The number of aromatic carboxylic acids is 1. The largest absolute Gasteiger partial charge is 0.478 e. The summed E-state index contributed by atoms with van der Waals surface area (Å²) in [5, 5.41) is 22.0. The lowest BCUT2D eigenvalue weighted by molar-refractivity contribution is -0.115. The summed E-state index contributed by atoms with van der Waals surface area (Å²) in [6.07, 6.45) is 3.15. The fraction of sp³-hybridized carbons (Fsp3) is 0.259. The number of halogens is 1. The van der Waals surface area contributed by atoms with E-state index in [1.807, 2.05) is 31.2 Å². The Hall–Kier alpha value is -3.34. The highest BCUT2D eigenvalue weighted by atomic mass is 35.5. The molecule has 2 atom stereocenters. The molecule has 1 aliphatic carbocycles. The van der Waals surface area contributed by atoms with Gasteiger partial charge in [0.1, 0.15) is 11.1 Å². The normalized spacial score (nSPS) is 15.5. The number of carboxylic acid groups (broad SMARTS) is 1. The van der Waals surface area contributed by atoms with E-state index in [-0.39, 0.29) is 16.5 Å². The standard InChI is InChI=1S/C27H24ClN3O3S/c1-2-24(25(32)30-20-9-10-22(28)21(14-20)27(33)34)35-26-19(15-29)13-18-12-17(8-11-23(18)31-26)16-6-4-3-5-7-16/h3-7,9-10,13-14,17,24H,2,8,11-12H2,1H3,(H,30,32)(H,33,34). The number of pyridine rings is 1. The van der Waals surface area contributed by atoms with Crippen molar-refractivity contribution in [1.82, 2.24) is 4.98 Å². The van der Waals surface area contributed by atoms with Crippen LogP contribution in [0, 0.1) is 11.3 Å². The number of anilines is 1. The number of benzene rings is 2. The summed E-state index contributed by atoms with van der Waals surface area (Å²) < 4.78 is 0. The highest BCUT2D eigenvalue weighted by Gasteiger charge is 2.26. The van der Waals surface area contributed by atoms with E-state index >= 15 is 0 Å². The number of hydrogen-bond donors (Lipinski definition) is 2. The van der Waals surface area contributed by atoms with Gasteiger partial charge in [-0.15, -0.1) is 0 Å². The molecule has 0 spiro atoms. The van der Waals surface area contributed by atoms with Crippen molar-refractivity contribution in [3.63, 3.8) is 0 Å². The maximum atomic E-state index is 13.0. The van der Waals surface area contributed by atoms with Gasteiger partial charge in [0.15, 0.2) is 0 Å². The van der Waals surface area contributed by atoms with Crippen LogP contribution >= 0.6 is 23.4 Å². The SMILES string of the molecule is CCC(Sc1nc2c(cc1C#N)CC(c1ccccc1)CC2)C(=O)Nc1ccc(Cl)c(C(=O)O)c1. The third-order valence-electron chi connectivity index (χ3n) is 6.12. The van der Waals surface area contributed by atoms with Gasteiger partial charge in [-0.2, -0.15) is 5.26 Å². The number of carboxylic acids is 1. The smallest absolute Gasteiger partial charge is 0.337 e. The quantitative estimate of drug-likeness (QED) is 0.377. The molecular formula is C27H24ClN3O3S. The number of nitrogens with zero attached hydrogens (tertiary/aromatic N) is 2. The number of hydrogen-bond acceptors (Lipinski definition) is 5. The number of carbonyl (C=O) groups is 2. The van der Waals surface area contributed by atoms with Crippen LogP contribution in [0.25, 0.3) is 0 Å². The summed E-state index contributed by atoms with van der Waals surface area (Å²) in [6.45, 7) is 1.89. The average molecular weight is 506 g/mol. The van der Waals surface area contributed by atoms with Crippen LogP contribution in [-0.2, 0) is 17.6 Å². The summed E-state index contributed by atoms with van der Waals surface area (Å²) in [6, 6.07) is 18.9. The Balaban J connectivity index is 1.52. The molecule has 0 saturated carbocycles. The van der Waals surface area contributed by atoms with Crippen LogP contribution in [0.3, 0.4) is 0 Å². The fourth-order valence-corrected chi connectivity index (χ4v) is 5.47. The van der Waals surface area contributed by atoms with Crippen LogP contribution in [0.1, 0.15) is 58.4 Å². The number of carbonyl (C=O) groups excluding carboxylic acids is 1. The zero-order chi connectivity index (χ0) is 24.9. The minimum Gasteiger partial charge on any atom is -0.478 e. The highest BCUT2D eigenvalue weighted by molar-refractivity contribution is 8.00. The van der Waals surface area contributed by atoms with Gasteiger partial charge in [-0.05, 0) is 67.0 Å². The number of fused-ring (bicyclic) bond motifs is 1. The molecule has 0 aliphatic heterocycles. The lowest BCUT2D eigenvalue weighted by Gasteiger charge is -2.25. The molecule has 4 rings (SSSR count). The Bertz CT molecular complexity index is 1310. The minimum absolute atomic E-state index is 0.0814. The first-order chi connectivity index (χ1) is 16.9. The molecule has 3 aromatic rings. The van der Waals surface area contributed by atoms with Crippen molar-refractivity contribution in [2.75, 3.05) is 5.32 Å². The van der Waals surface area contributed by atoms with Gasteiger partial charge in [0.05, 0.1) is 21.4 Å². The van der Waals surface area contributed by atoms with Crippen molar-refractivity contribution < 1.29 is 14.7 Å². The molecule has 0 fully saturated rings. The van der Waals surface area contributed by atoms with Crippen molar-refractivity contribution in [3.05, 3.63) is 87.6 Å². The van der Waals surface area contributed by atoms with Gasteiger partial charge in [0.2, 0.25) is 5.91 Å². The summed E-state index contributed by atoms with van der Waals surface area (Å²) in [4.78, 5) is 29.1. The first kappa shape index (κ1) is 24.8. The molecule has 1 amide bonds. The molecule has 2 unspecified atom stereocenters. The molecule has 1 aliphatic rings. The zero-order valence-corrected chi connectivity index (χ0v) is 20.7. The maximum Gasteiger partial charge on any atom is 0.337 e. The number of aryl methyl sites for hydroxylation is 1. The topological polar surface area (TPSA) is 103 Å². The van der Waals surface area contributed by atoms with Crippen molar-refractivity contribution in [1.29, 1.82) is 5.26 Å². The van der Waals surface area contributed by atoms with Crippen LogP contribution in [-0.4, -0.2) is 27.2 Å². The maximum absolute atomic E-state index is 13.0. The van der Waals surface area contributed by atoms with Gasteiger partial charge in [0.25, 0.3) is 0 Å². The molecule has 1 heterocycles. The number of aromatic nitrogens is 1. The minimum atomic E-state index is -1.17. The Morgan fingerprint density at radius 2 is 2.03 bits per heavy atom. The van der Waals surface area contributed by atoms with Crippen LogP contribution in [0.15, 0.2) is 59.6 Å².